The van der Waals surface area contributed by atoms with Crippen LogP contribution in [0.1, 0.15) is 40.9 Å². The number of nitrogens with one attached hydrogen (secondary N) is 1. The molecule has 0 atom stereocenters. The zero-order chi connectivity index (χ0) is 19.4. The first kappa shape index (κ1) is 19.8. The molecule has 1 N–H and O–H groups in total. The number of carbonyl (C=O) groups is 1. The Labute approximate surface area is 164 Å². The lowest BCUT2D eigenvalue weighted by Gasteiger charge is -2.26. The maximum atomic E-state index is 12.9. The third-order valence-corrected chi connectivity index (χ3v) is 7.04. The van der Waals surface area contributed by atoms with Crippen molar-refractivity contribution in [1.29, 1.82) is 0 Å². The summed E-state index contributed by atoms with van der Waals surface area (Å²) in [6.45, 7) is 3.14. The Morgan fingerprint density at radius 1 is 1.22 bits per heavy atom. The number of benzene rings is 1. The summed E-state index contributed by atoms with van der Waals surface area (Å²) in [5.41, 5.74) is 1.99. The lowest BCUT2D eigenvalue weighted by atomic mass is 10.2. The minimum absolute atomic E-state index is 0.0206. The molecule has 0 radical (unpaired) electrons. The summed E-state index contributed by atoms with van der Waals surface area (Å²) in [6.07, 6.45) is 4.36. The monoisotopic (exact) mass is 407 g/mol. The molecule has 27 heavy (non-hydrogen) atoms. The highest BCUT2D eigenvalue weighted by Crippen LogP contribution is 2.27. The van der Waals surface area contributed by atoms with Gasteiger partial charge in [0.25, 0.3) is 5.91 Å². The van der Waals surface area contributed by atoms with E-state index in [1.54, 1.807) is 6.20 Å². The van der Waals surface area contributed by atoms with Crippen LogP contribution in [0.2, 0.25) is 5.02 Å². The van der Waals surface area contributed by atoms with Gasteiger partial charge in [0, 0.05) is 24.8 Å². The first-order chi connectivity index (χ1) is 12.9. The van der Waals surface area contributed by atoms with Crippen LogP contribution in [-0.4, -0.2) is 36.7 Å². The van der Waals surface area contributed by atoms with Crippen LogP contribution >= 0.6 is 11.6 Å². The summed E-state index contributed by atoms with van der Waals surface area (Å²) in [5, 5.41) is 2.90. The Balaban J connectivity index is 1.80. The normalized spacial score (nSPS) is 15.5. The maximum Gasteiger partial charge on any atom is 0.251 e. The molecule has 1 amide bonds. The molecule has 1 aliphatic rings. The number of hydrogen-bond acceptors (Lipinski definition) is 4. The highest BCUT2D eigenvalue weighted by Gasteiger charge is 2.28. The van der Waals surface area contributed by atoms with Crippen molar-refractivity contribution in [3.05, 3.63) is 58.4 Å². The molecule has 0 bridgehead atoms. The second-order valence-corrected chi connectivity index (χ2v) is 8.87. The summed E-state index contributed by atoms with van der Waals surface area (Å²) in [6, 6.07) is 8.09. The smallest absolute Gasteiger partial charge is 0.251 e. The van der Waals surface area contributed by atoms with Crippen LogP contribution in [0.25, 0.3) is 0 Å². The largest absolute Gasteiger partial charge is 0.346 e. The summed E-state index contributed by atoms with van der Waals surface area (Å²) >= 11 is 6.15. The lowest BCUT2D eigenvalue weighted by molar-refractivity contribution is 0.0950. The van der Waals surface area contributed by atoms with Gasteiger partial charge in [-0.05, 0) is 49.6 Å². The Morgan fingerprint density at radius 2 is 1.96 bits per heavy atom. The molecule has 3 rings (SSSR count). The van der Waals surface area contributed by atoms with Crippen molar-refractivity contribution in [3.63, 3.8) is 0 Å². The van der Waals surface area contributed by atoms with E-state index < -0.39 is 10.0 Å². The number of pyridine rings is 1. The molecule has 1 aliphatic heterocycles. The van der Waals surface area contributed by atoms with Crippen molar-refractivity contribution in [2.45, 2.75) is 37.6 Å². The van der Waals surface area contributed by atoms with Crippen LogP contribution < -0.4 is 5.32 Å². The average molecular weight is 408 g/mol. The second kappa shape index (κ2) is 8.37. The molecule has 144 valence electrons. The van der Waals surface area contributed by atoms with Gasteiger partial charge in [-0.15, -0.1) is 0 Å². The topological polar surface area (TPSA) is 79.4 Å². The predicted molar refractivity (Wildman–Crippen MR) is 104 cm³/mol. The number of aryl methyl sites for hydroxylation is 1. The molecule has 0 spiro atoms. The molecule has 0 saturated carbocycles. The minimum atomic E-state index is -3.71. The fraction of sp³-hybridized carbons (Fsp3) is 0.368. The number of carbonyl (C=O) groups excluding carboxylic acids is 1. The van der Waals surface area contributed by atoms with Crippen LogP contribution in [0.3, 0.4) is 0 Å². The van der Waals surface area contributed by atoms with E-state index in [0.29, 0.717) is 13.1 Å². The molecule has 1 aromatic carbocycles. The molecular weight excluding hydrogens is 386 g/mol. The third-order valence-electron chi connectivity index (χ3n) is 4.66. The second-order valence-electron chi connectivity index (χ2n) is 6.56. The van der Waals surface area contributed by atoms with E-state index in [4.69, 9.17) is 11.6 Å². The molecule has 2 aromatic rings. The Bertz CT molecular complexity index is 941. The Hall–Kier alpha value is -1.96. The first-order valence-corrected chi connectivity index (χ1v) is 10.7. The zero-order valence-corrected chi connectivity index (χ0v) is 16.7. The first-order valence-electron chi connectivity index (χ1n) is 8.88. The van der Waals surface area contributed by atoms with Crippen LogP contribution in [0.4, 0.5) is 0 Å². The van der Waals surface area contributed by atoms with E-state index in [1.165, 1.54) is 22.5 Å². The van der Waals surface area contributed by atoms with Gasteiger partial charge in [-0.25, -0.2) is 8.42 Å². The number of hydrogen-bond donors (Lipinski definition) is 1. The van der Waals surface area contributed by atoms with Gasteiger partial charge in [0.15, 0.2) is 0 Å². The van der Waals surface area contributed by atoms with Crippen molar-refractivity contribution in [2.24, 2.45) is 0 Å². The number of sulfonamides is 1. The average Bonchev–Trinajstić information content (AvgIpc) is 2.68. The van der Waals surface area contributed by atoms with Gasteiger partial charge in [0.05, 0.1) is 17.3 Å². The zero-order valence-electron chi connectivity index (χ0n) is 15.1. The summed E-state index contributed by atoms with van der Waals surface area (Å²) in [7, 11) is -3.71. The van der Waals surface area contributed by atoms with E-state index in [9.17, 15) is 13.2 Å². The third kappa shape index (κ3) is 4.48. The Morgan fingerprint density at radius 3 is 2.67 bits per heavy atom. The van der Waals surface area contributed by atoms with Crippen molar-refractivity contribution in [2.75, 3.05) is 13.1 Å². The van der Waals surface area contributed by atoms with Crippen molar-refractivity contribution in [3.8, 4) is 0 Å². The molecular formula is C19H22ClN3O3S. The molecule has 1 saturated heterocycles. The highest BCUT2D eigenvalue weighted by molar-refractivity contribution is 7.89. The van der Waals surface area contributed by atoms with E-state index in [1.807, 2.05) is 19.1 Å². The van der Waals surface area contributed by atoms with Crippen molar-refractivity contribution >= 4 is 27.5 Å². The van der Waals surface area contributed by atoms with Gasteiger partial charge >= 0.3 is 0 Å². The molecule has 8 heteroatoms. The lowest BCUT2D eigenvalue weighted by Crippen LogP contribution is -2.36. The summed E-state index contributed by atoms with van der Waals surface area (Å²) in [5.74, 6) is -0.369. The van der Waals surface area contributed by atoms with Crippen LogP contribution in [0.5, 0.6) is 0 Å². The Kier molecular flexibility index (Phi) is 6.14. The fourth-order valence-corrected chi connectivity index (χ4v) is 5.07. The number of amides is 1. The van der Waals surface area contributed by atoms with Gasteiger partial charge in [-0.3, -0.25) is 9.78 Å². The van der Waals surface area contributed by atoms with Gasteiger partial charge in [0.1, 0.15) is 4.90 Å². The van der Waals surface area contributed by atoms with E-state index in [2.05, 4.69) is 10.3 Å². The quantitative estimate of drug-likeness (QED) is 0.825. The van der Waals surface area contributed by atoms with Crippen LogP contribution in [0.15, 0.2) is 41.4 Å². The summed E-state index contributed by atoms with van der Waals surface area (Å²) in [4.78, 5) is 16.7. The fourth-order valence-electron chi connectivity index (χ4n) is 3.06. The van der Waals surface area contributed by atoms with Gasteiger partial charge in [-0.2, -0.15) is 4.31 Å². The molecule has 0 unspecified atom stereocenters. The number of halogens is 1. The molecule has 0 aliphatic carbocycles. The molecule has 6 nitrogen and oxygen atoms in total. The van der Waals surface area contributed by atoms with Gasteiger partial charge in [0.2, 0.25) is 10.0 Å². The van der Waals surface area contributed by atoms with E-state index in [-0.39, 0.29) is 27.9 Å². The highest BCUT2D eigenvalue weighted by atomic mass is 35.5. The van der Waals surface area contributed by atoms with Gasteiger partial charge < -0.3 is 5.32 Å². The van der Waals surface area contributed by atoms with Crippen LogP contribution in [-0.2, 0) is 16.6 Å². The van der Waals surface area contributed by atoms with Crippen molar-refractivity contribution < 1.29 is 13.2 Å². The molecule has 1 aromatic heterocycles. The minimum Gasteiger partial charge on any atom is -0.346 e. The van der Waals surface area contributed by atoms with Crippen LogP contribution in [0, 0.1) is 6.92 Å². The van der Waals surface area contributed by atoms with Crippen molar-refractivity contribution in [1.82, 2.24) is 14.6 Å². The number of piperidine rings is 1. The number of aromatic nitrogens is 1. The molecule has 1 fully saturated rings. The maximum absolute atomic E-state index is 12.9. The number of rotatable bonds is 5. The predicted octanol–water partition coefficient (Wildman–Crippen LogP) is 3.15. The standard InChI is InChI=1S/C19H22ClN3O3S/c1-14-6-5-9-21-17(14)13-22-19(24)15-7-8-16(20)18(12-15)27(25,26)23-10-3-2-4-11-23/h5-9,12H,2-4,10-11,13H2,1H3,(H,22,24). The SMILES string of the molecule is Cc1cccnc1CNC(=O)c1ccc(Cl)c(S(=O)(=O)N2CCCCC2)c1. The number of nitrogens with zero attached hydrogens (tertiary/aromatic N) is 2. The molecule has 2 heterocycles. The summed E-state index contributed by atoms with van der Waals surface area (Å²) < 4.78 is 27.3. The van der Waals surface area contributed by atoms with E-state index >= 15 is 0 Å². The van der Waals surface area contributed by atoms with Gasteiger partial charge in [-0.1, -0.05) is 24.1 Å². The van der Waals surface area contributed by atoms with E-state index in [0.717, 1.165) is 30.5 Å².